The summed E-state index contributed by atoms with van der Waals surface area (Å²) in [7, 11) is 0. The normalized spacial score (nSPS) is 11.9. The molecule has 0 saturated carbocycles. The van der Waals surface area contributed by atoms with Crippen molar-refractivity contribution < 1.29 is 9.53 Å². The van der Waals surface area contributed by atoms with Gasteiger partial charge < -0.3 is 10.1 Å². The summed E-state index contributed by atoms with van der Waals surface area (Å²) in [6.45, 7) is 5.30. The Hall–Kier alpha value is -2.77. The van der Waals surface area contributed by atoms with Gasteiger partial charge in [0, 0.05) is 18.7 Å². The summed E-state index contributed by atoms with van der Waals surface area (Å²) in [5.74, 6) is 0.557. The van der Waals surface area contributed by atoms with Crippen molar-refractivity contribution in [3.63, 3.8) is 0 Å². The number of carbonyl (C=O) groups excluding carboxylic acids is 1. The van der Waals surface area contributed by atoms with Crippen molar-refractivity contribution in [3.05, 3.63) is 70.5 Å². The monoisotopic (exact) mass is 410 g/mol. The summed E-state index contributed by atoms with van der Waals surface area (Å²) in [4.78, 5) is 12.4. The molecule has 2 N–H and O–H groups in total. The summed E-state index contributed by atoms with van der Waals surface area (Å²) in [6, 6.07) is 18.0. The van der Waals surface area contributed by atoms with E-state index in [2.05, 4.69) is 15.5 Å². The van der Waals surface area contributed by atoms with Crippen molar-refractivity contribution in [3.8, 4) is 11.4 Å². The minimum Gasteiger partial charge on any atom is -0.374 e. The lowest BCUT2D eigenvalue weighted by Gasteiger charge is -2.13. The van der Waals surface area contributed by atoms with Gasteiger partial charge in [0.1, 0.15) is 6.54 Å². The second-order valence-electron chi connectivity index (χ2n) is 6.94. The molecule has 0 radical (unpaired) electrons. The number of carbonyl (C=O) groups is 1. The third-order valence-corrected chi connectivity index (χ3v) is 4.93. The van der Waals surface area contributed by atoms with Crippen LogP contribution in [-0.4, -0.2) is 33.8 Å². The second-order valence-corrected chi connectivity index (χ2v) is 7.32. The molecular weight excluding hydrogens is 384 g/mol. The molecule has 0 aliphatic heterocycles. The lowest BCUT2D eigenvalue weighted by molar-refractivity contribution is -0.121. The average Bonchev–Trinajstić information content (AvgIpc) is 3.08. The van der Waals surface area contributed by atoms with Crippen molar-refractivity contribution in [1.82, 2.24) is 20.1 Å². The zero-order valence-electron chi connectivity index (χ0n) is 16.7. The van der Waals surface area contributed by atoms with Crippen LogP contribution in [0.5, 0.6) is 0 Å². The van der Waals surface area contributed by atoms with Crippen LogP contribution in [0.1, 0.15) is 30.6 Å². The van der Waals surface area contributed by atoms with Gasteiger partial charge in [-0.05, 0) is 44.1 Å². The first-order valence-corrected chi connectivity index (χ1v) is 10.1. The van der Waals surface area contributed by atoms with E-state index < -0.39 is 0 Å². The van der Waals surface area contributed by atoms with Gasteiger partial charge in [0.2, 0.25) is 5.91 Å². The number of benzene rings is 2. The molecule has 0 fully saturated rings. The van der Waals surface area contributed by atoms with Crippen LogP contribution in [0, 0.1) is 11.7 Å². The van der Waals surface area contributed by atoms with Gasteiger partial charge >= 0.3 is 0 Å². The Morgan fingerprint density at radius 2 is 2.03 bits per heavy atom. The zero-order chi connectivity index (χ0) is 20.6. The average molecular weight is 411 g/mol. The smallest absolute Gasteiger partial charge is 0.240 e. The molecule has 3 aromatic rings. The fraction of sp³-hybridized carbons (Fsp3) is 0.318. The van der Waals surface area contributed by atoms with Gasteiger partial charge in [-0.15, -0.1) is 0 Å². The van der Waals surface area contributed by atoms with E-state index in [-0.39, 0.29) is 18.6 Å². The zero-order valence-corrected chi connectivity index (χ0v) is 17.5. The summed E-state index contributed by atoms with van der Waals surface area (Å²) < 4.78 is 7.98. The van der Waals surface area contributed by atoms with Crippen molar-refractivity contribution >= 4 is 18.1 Å². The largest absolute Gasteiger partial charge is 0.374 e. The number of hydrogen-bond acceptors (Lipinski definition) is 4. The third kappa shape index (κ3) is 5.85. The van der Waals surface area contributed by atoms with Gasteiger partial charge in [0.05, 0.1) is 6.10 Å². The van der Waals surface area contributed by atoms with Crippen molar-refractivity contribution in [2.24, 2.45) is 0 Å². The predicted octanol–water partition coefficient (Wildman–Crippen LogP) is 4.20. The minimum atomic E-state index is -0.104. The van der Waals surface area contributed by atoms with Crippen LogP contribution >= 0.6 is 12.2 Å². The number of aromatic amines is 1. The number of amides is 1. The Kier molecular flexibility index (Phi) is 7.32. The van der Waals surface area contributed by atoms with E-state index in [1.165, 1.54) is 0 Å². The van der Waals surface area contributed by atoms with Gasteiger partial charge in [-0.3, -0.25) is 14.5 Å². The molecule has 0 aliphatic carbocycles. The first kappa shape index (κ1) is 21.0. The lowest BCUT2D eigenvalue weighted by atomic mass is 10.1. The molecule has 3 rings (SSSR count). The molecule has 0 bridgehead atoms. The first-order chi connectivity index (χ1) is 14.0. The molecule has 29 heavy (non-hydrogen) atoms. The molecule has 1 atom stereocenters. The Labute approximate surface area is 175 Å². The van der Waals surface area contributed by atoms with E-state index in [9.17, 15) is 4.79 Å². The van der Waals surface area contributed by atoms with Crippen LogP contribution in [0.3, 0.4) is 0 Å². The highest BCUT2D eigenvalue weighted by Gasteiger charge is 2.12. The summed E-state index contributed by atoms with van der Waals surface area (Å²) >= 11 is 5.30. The summed E-state index contributed by atoms with van der Waals surface area (Å²) in [6.07, 6.45) is 0.776. The van der Waals surface area contributed by atoms with E-state index in [0.717, 1.165) is 23.1 Å². The highest BCUT2D eigenvalue weighted by Crippen LogP contribution is 2.18. The number of nitrogens with one attached hydrogen (secondary N) is 2. The molecule has 1 heterocycles. The molecule has 152 valence electrons. The molecule has 1 amide bonds. The van der Waals surface area contributed by atoms with Crippen LogP contribution in [0.25, 0.3) is 11.4 Å². The van der Waals surface area contributed by atoms with Crippen molar-refractivity contribution in [2.45, 2.75) is 32.9 Å². The molecule has 0 unspecified atom stereocenters. The molecular formula is C22H26N4O2S. The van der Waals surface area contributed by atoms with Gasteiger partial charge in [0.15, 0.2) is 10.6 Å². The van der Waals surface area contributed by atoms with Gasteiger partial charge in [-0.25, -0.2) is 0 Å². The molecule has 0 spiro atoms. The third-order valence-electron chi connectivity index (χ3n) is 4.62. The molecule has 6 nitrogen and oxygen atoms in total. The van der Waals surface area contributed by atoms with E-state index in [1.807, 2.05) is 68.4 Å². The van der Waals surface area contributed by atoms with Crippen LogP contribution in [0.15, 0.2) is 54.6 Å². The molecule has 7 heteroatoms. The Balaban J connectivity index is 1.47. The van der Waals surface area contributed by atoms with E-state index in [1.54, 1.807) is 4.57 Å². The van der Waals surface area contributed by atoms with E-state index in [0.29, 0.717) is 23.7 Å². The first-order valence-electron chi connectivity index (χ1n) is 9.70. The van der Waals surface area contributed by atoms with Crippen LogP contribution < -0.4 is 5.32 Å². The maximum absolute atomic E-state index is 12.4. The number of aryl methyl sites for hydroxylation is 1. The predicted molar refractivity (Wildman–Crippen MR) is 116 cm³/mol. The number of hydrogen-bond donors (Lipinski definition) is 2. The number of nitrogens with zero attached hydrogens (tertiary/aromatic N) is 2. The van der Waals surface area contributed by atoms with Crippen molar-refractivity contribution in [2.75, 3.05) is 13.2 Å². The van der Waals surface area contributed by atoms with E-state index in [4.69, 9.17) is 17.0 Å². The van der Waals surface area contributed by atoms with Gasteiger partial charge in [-0.2, -0.15) is 5.10 Å². The Bertz CT molecular complexity index is 997. The summed E-state index contributed by atoms with van der Waals surface area (Å²) in [5, 5.41) is 9.99. The molecule has 0 saturated heterocycles. The maximum Gasteiger partial charge on any atom is 0.240 e. The quantitative estimate of drug-likeness (QED) is 0.410. The summed E-state index contributed by atoms with van der Waals surface area (Å²) in [5.41, 5.74) is 3.19. The highest BCUT2D eigenvalue weighted by atomic mass is 32.1. The minimum absolute atomic E-state index is 0.0352. The highest BCUT2D eigenvalue weighted by molar-refractivity contribution is 7.71. The SMILES string of the molecule is Cc1cccc(-c2n[nH]c(=S)n2CC(=O)NCCCO[C@@H](C)c2ccccc2)c1. The number of aromatic nitrogens is 3. The number of rotatable bonds is 9. The van der Waals surface area contributed by atoms with E-state index >= 15 is 0 Å². The van der Waals surface area contributed by atoms with Crippen LogP contribution in [0.4, 0.5) is 0 Å². The topological polar surface area (TPSA) is 71.9 Å². The molecule has 1 aromatic heterocycles. The lowest BCUT2D eigenvalue weighted by Crippen LogP contribution is -2.29. The fourth-order valence-electron chi connectivity index (χ4n) is 3.05. The van der Waals surface area contributed by atoms with Gasteiger partial charge in [-0.1, -0.05) is 54.1 Å². The Morgan fingerprint density at radius 3 is 2.79 bits per heavy atom. The van der Waals surface area contributed by atoms with Crippen LogP contribution in [0.2, 0.25) is 0 Å². The standard InChI is InChI=1S/C22H26N4O2S/c1-16-8-6-11-19(14-16)21-24-25-22(29)26(21)15-20(27)23-12-7-13-28-17(2)18-9-4-3-5-10-18/h3-6,8-11,14,17H,7,12-13,15H2,1-2H3,(H,23,27)(H,25,29)/t17-/m0/s1. The molecule has 0 aliphatic rings. The second kappa shape index (κ2) is 10.1. The Morgan fingerprint density at radius 1 is 1.24 bits per heavy atom. The number of ether oxygens (including phenoxy) is 1. The van der Waals surface area contributed by atoms with Crippen LogP contribution in [-0.2, 0) is 16.1 Å². The number of H-pyrrole nitrogens is 1. The fourth-order valence-corrected chi connectivity index (χ4v) is 3.25. The van der Waals surface area contributed by atoms with Crippen molar-refractivity contribution in [1.29, 1.82) is 0 Å². The van der Waals surface area contributed by atoms with Gasteiger partial charge in [0.25, 0.3) is 0 Å². The maximum atomic E-state index is 12.4. The molecule has 2 aromatic carbocycles.